The van der Waals surface area contributed by atoms with Gasteiger partial charge in [-0.3, -0.25) is 0 Å². The van der Waals surface area contributed by atoms with Crippen LogP contribution in [0.1, 0.15) is 5.56 Å². The number of aliphatic hydroxyl groups excluding tert-OH is 1. The van der Waals surface area contributed by atoms with Crippen molar-refractivity contribution in [3.63, 3.8) is 0 Å². The van der Waals surface area contributed by atoms with E-state index in [1.54, 1.807) is 18.2 Å². The maximum absolute atomic E-state index is 12.4. The molecule has 0 aromatic heterocycles. The molecule has 1 aromatic carbocycles. The summed E-state index contributed by atoms with van der Waals surface area (Å²) in [6.45, 7) is 0. The minimum absolute atomic E-state index is 0.247. The van der Waals surface area contributed by atoms with Gasteiger partial charge in [0, 0.05) is 6.42 Å². The van der Waals surface area contributed by atoms with E-state index in [0.29, 0.717) is 0 Å². The smallest absolute Gasteiger partial charge is 0.144 e. The first-order valence-corrected chi connectivity index (χ1v) is 3.54. The molecule has 1 aromatic rings. The van der Waals surface area contributed by atoms with Crippen molar-refractivity contribution in [2.24, 2.45) is 0 Å². The molecule has 0 unspecified atom stereocenters. The third-order valence-electron chi connectivity index (χ3n) is 1.49. The molecule has 0 bridgehead atoms. The van der Waals surface area contributed by atoms with Crippen LogP contribution in [0.25, 0.3) is 0 Å². The fraction of sp³-hybridized carbons (Fsp3) is 0.222. The Hall–Kier alpha value is -1.40. The summed E-state index contributed by atoms with van der Waals surface area (Å²) in [5.41, 5.74) is 0.755. The first-order valence-electron chi connectivity index (χ1n) is 3.54. The fourth-order valence-electron chi connectivity index (χ4n) is 0.889. The van der Waals surface area contributed by atoms with Gasteiger partial charge in [0.1, 0.15) is 11.9 Å². The molecule has 0 aliphatic carbocycles. The average molecular weight is 165 g/mol. The van der Waals surface area contributed by atoms with Crippen molar-refractivity contribution >= 4 is 0 Å². The molecule has 1 atom stereocenters. The van der Waals surface area contributed by atoms with Gasteiger partial charge in [-0.1, -0.05) is 12.1 Å². The van der Waals surface area contributed by atoms with Crippen LogP contribution in [-0.4, -0.2) is 11.2 Å². The van der Waals surface area contributed by atoms with Crippen LogP contribution in [-0.2, 0) is 6.42 Å². The van der Waals surface area contributed by atoms with Crippen molar-refractivity contribution in [2.75, 3.05) is 0 Å². The lowest BCUT2D eigenvalue weighted by molar-refractivity contribution is 0.231. The minimum Gasteiger partial charge on any atom is -0.378 e. The summed E-state index contributed by atoms with van der Waals surface area (Å²) in [6.07, 6.45) is -0.757. The molecule has 12 heavy (non-hydrogen) atoms. The Morgan fingerprint density at radius 3 is 2.50 bits per heavy atom. The second-order valence-electron chi connectivity index (χ2n) is 2.48. The third kappa shape index (κ3) is 2.33. The molecule has 0 amide bonds. The Labute approximate surface area is 69.9 Å². The van der Waals surface area contributed by atoms with Crippen molar-refractivity contribution in [1.82, 2.24) is 0 Å². The largest absolute Gasteiger partial charge is 0.378 e. The molecule has 2 nitrogen and oxygen atoms in total. The molecule has 3 heteroatoms. The van der Waals surface area contributed by atoms with E-state index in [1.807, 2.05) is 0 Å². The summed E-state index contributed by atoms with van der Waals surface area (Å²) in [5, 5.41) is 17.2. The Morgan fingerprint density at radius 1 is 1.42 bits per heavy atom. The van der Waals surface area contributed by atoms with E-state index < -0.39 is 6.10 Å². The number of aliphatic hydroxyl groups is 1. The van der Waals surface area contributed by atoms with Gasteiger partial charge >= 0.3 is 0 Å². The number of benzene rings is 1. The Bertz CT molecular complexity index is 288. The molecule has 0 saturated carbocycles. The van der Waals surface area contributed by atoms with Crippen molar-refractivity contribution in [1.29, 1.82) is 5.26 Å². The topological polar surface area (TPSA) is 44.0 Å². The quantitative estimate of drug-likeness (QED) is 0.670. The molecular weight excluding hydrogens is 157 g/mol. The molecule has 0 spiro atoms. The van der Waals surface area contributed by atoms with Crippen molar-refractivity contribution in [3.05, 3.63) is 35.6 Å². The summed E-state index contributed by atoms with van der Waals surface area (Å²) >= 11 is 0. The average Bonchev–Trinajstić information content (AvgIpc) is 2.09. The summed E-state index contributed by atoms with van der Waals surface area (Å²) in [5.74, 6) is -0.315. The van der Waals surface area contributed by atoms with Gasteiger partial charge in [0.25, 0.3) is 0 Å². The van der Waals surface area contributed by atoms with Gasteiger partial charge in [0.2, 0.25) is 0 Å². The monoisotopic (exact) mass is 165 g/mol. The fourth-order valence-corrected chi connectivity index (χ4v) is 0.889. The molecular formula is C9H8FNO. The number of halogens is 1. The summed E-state index contributed by atoms with van der Waals surface area (Å²) in [6, 6.07) is 7.40. The lowest BCUT2D eigenvalue weighted by atomic mass is 10.1. The summed E-state index contributed by atoms with van der Waals surface area (Å²) in [7, 11) is 0. The molecule has 0 aliphatic heterocycles. The van der Waals surface area contributed by atoms with Gasteiger partial charge in [-0.05, 0) is 17.7 Å². The second kappa shape index (κ2) is 3.84. The SMILES string of the molecule is N#C[C@H](O)Cc1ccc(F)cc1. The van der Waals surface area contributed by atoms with E-state index in [1.165, 1.54) is 12.1 Å². The zero-order chi connectivity index (χ0) is 8.97. The first kappa shape index (κ1) is 8.69. The highest BCUT2D eigenvalue weighted by Crippen LogP contribution is 2.05. The lowest BCUT2D eigenvalue weighted by Gasteiger charge is -2.00. The van der Waals surface area contributed by atoms with Crippen molar-refractivity contribution in [2.45, 2.75) is 12.5 Å². The predicted octanol–water partition coefficient (Wildman–Crippen LogP) is 1.25. The molecule has 0 aliphatic rings. The zero-order valence-electron chi connectivity index (χ0n) is 6.37. The van der Waals surface area contributed by atoms with Crippen LogP contribution in [0.3, 0.4) is 0 Å². The van der Waals surface area contributed by atoms with Crippen LogP contribution in [0.15, 0.2) is 24.3 Å². The Morgan fingerprint density at radius 2 is 2.00 bits per heavy atom. The molecule has 1 rings (SSSR count). The van der Waals surface area contributed by atoms with Crippen LogP contribution in [0.5, 0.6) is 0 Å². The van der Waals surface area contributed by atoms with Gasteiger partial charge in [0.15, 0.2) is 0 Å². The minimum atomic E-state index is -1.00. The van der Waals surface area contributed by atoms with Gasteiger partial charge in [0.05, 0.1) is 6.07 Å². The molecule has 0 heterocycles. The van der Waals surface area contributed by atoms with E-state index in [-0.39, 0.29) is 12.2 Å². The number of nitriles is 1. The second-order valence-corrected chi connectivity index (χ2v) is 2.48. The molecule has 0 fully saturated rings. The van der Waals surface area contributed by atoms with Crippen molar-refractivity contribution in [3.8, 4) is 6.07 Å². The van der Waals surface area contributed by atoms with E-state index in [4.69, 9.17) is 10.4 Å². The maximum Gasteiger partial charge on any atom is 0.144 e. The highest BCUT2D eigenvalue weighted by Gasteiger charge is 2.02. The standard InChI is InChI=1S/C9H8FNO/c10-8-3-1-7(2-4-8)5-9(12)6-11/h1-4,9,12H,5H2/t9-/m1/s1. The van der Waals surface area contributed by atoms with Gasteiger partial charge in [-0.2, -0.15) is 5.26 Å². The third-order valence-corrected chi connectivity index (χ3v) is 1.49. The first-order chi connectivity index (χ1) is 5.72. The molecule has 0 radical (unpaired) electrons. The highest BCUT2D eigenvalue weighted by molar-refractivity contribution is 5.17. The van der Waals surface area contributed by atoms with E-state index in [2.05, 4.69) is 0 Å². The maximum atomic E-state index is 12.4. The molecule has 0 saturated heterocycles. The van der Waals surface area contributed by atoms with Crippen LogP contribution in [0, 0.1) is 17.1 Å². The normalized spacial score (nSPS) is 12.1. The summed E-state index contributed by atoms with van der Waals surface area (Å²) < 4.78 is 12.4. The number of nitrogens with zero attached hydrogens (tertiary/aromatic N) is 1. The number of rotatable bonds is 2. The lowest BCUT2D eigenvalue weighted by Crippen LogP contribution is -2.06. The zero-order valence-corrected chi connectivity index (χ0v) is 6.37. The Kier molecular flexibility index (Phi) is 2.78. The van der Waals surface area contributed by atoms with E-state index in [9.17, 15) is 4.39 Å². The van der Waals surface area contributed by atoms with Gasteiger partial charge in [-0.15, -0.1) is 0 Å². The van der Waals surface area contributed by atoms with Crippen molar-refractivity contribution < 1.29 is 9.50 Å². The number of hydrogen-bond donors (Lipinski definition) is 1. The van der Waals surface area contributed by atoms with Crippen LogP contribution < -0.4 is 0 Å². The van der Waals surface area contributed by atoms with E-state index >= 15 is 0 Å². The van der Waals surface area contributed by atoms with Gasteiger partial charge in [-0.25, -0.2) is 4.39 Å². The van der Waals surface area contributed by atoms with Gasteiger partial charge < -0.3 is 5.11 Å². The van der Waals surface area contributed by atoms with Crippen LogP contribution in [0.4, 0.5) is 4.39 Å². The molecule has 1 N–H and O–H groups in total. The van der Waals surface area contributed by atoms with Crippen LogP contribution >= 0.6 is 0 Å². The highest BCUT2D eigenvalue weighted by atomic mass is 19.1. The number of hydrogen-bond acceptors (Lipinski definition) is 2. The Balaban J connectivity index is 2.66. The molecule has 62 valence electrons. The van der Waals surface area contributed by atoms with Crippen LogP contribution in [0.2, 0.25) is 0 Å². The summed E-state index contributed by atoms with van der Waals surface area (Å²) in [4.78, 5) is 0. The predicted molar refractivity (Wildman–Crippen MR) is 41.7 cm³/mol. The van der Waals surface area contributed by atoms with E-state index in [0.717, 1.165) is 5.56 Å².